The number of carbonyl (C=O) groups is 1. The van der Waals surface area contributed by atoms with Gasteiger partial charge in [-0.05, 0) is 42.9 Å². The molecule has 0 fully saturated rings. The molecular formula is C23H23N5O2. The van der Waals surface area contributed by atoms with Gasteiger partial charge in [0.05, 0.1) is 29.2 Å². The van der Waals surface area contributed by atoms with Gasteiger partial charge in [-0.2, -0.15) is 5.26 Å². The number of pyridine rings is 1. The minimum atomic E-state index is -0.268. The Morgan fingerprint density at radius 1 is 1.23 bits per heavy atom. The number of nitrogens with two attached hydrogens (primary N) is 1. The molecule has 30 heavy (non-hydrogen) atoms. The van der Waals surface area contributed by atoms with E-state index in [4.69, 9.17) is 10.8 Å². The minimum absolute atomic E-state index is 0.0733. The summed E-state index contributed by atoms with van der Waals surface area (Å²) >= 11 is 0. The first-order chi connectivity index (χ1) is 14.5. The summed E-state index contributed by atoms with van der Waals surface area (Å²) in [5, 5.41) is 21.4. The van der Waals surface area contributed by atoms with Crippen molar-refractivity contribution >= 4 is 17.3 Å². The number of aliphatic hydroxyl groups is 1. The van der Waals surface area contributed by atoms with Crippen LogP contribution < -0.4 is 11.1 Å². The molecule has 0 atom stereocenters. The number of nitrogen functional groups attached to an aromatic ring is 1. The van der Waals surface area contributed by atoms with Crippen LogP contribution in [0.4, 0.5) is 11.4 Å². The zero-order valence-electron chi connectivity index (χ0n) is 16.7. The van der Waals surface area contributed by atoms with E-state index >= 15 is 0 Å². The Labute approximate surface area is 175 Å². The highest BCUT2D eigenvalue weighted by molar-refractivity contribution is 6.05. The number of para-hydroxylation sites is 2. The zero-order valence-corrected chi connectivity index (χ0v) is 16.7. The van der Waals surface area contributed by atoms with Crippen LogP contribution in [0.3, 0.4) is 0 Å². The number of nitriles is 1. The predicted octanol–water partition coefficient (Wildman–Crippen LogP) is 2.88. The fourth-order valence-electron chi connectivity index (χ4n) is 3.06. The third kappa shape index (κ3) is 5.00. The predicted molar refractivity (Wildman–Crippen MR) is 117 cm³/mol. The molecule has 0 spiro atoms. The molecule has 152 valence electrons. The molecule has 0 unspecified atom stereocenters. The lowest BCUT2D eigenvalue weighted by atomic mass is 10.0. The molecule has 0 aliphatic carbocycles. The SMILES string of the molecule is CN(CCO)Cc1cnc(-c2ccc(C(=O)Nc3ccccc3N)cc2)c(C#N)c1. The van der Waals surface area contributed by atoms with Crippen LogP contribution in [0.1, 0.15) is 21.5 Å². The van der Waals surface area contributed by atoms with E-state index in [1.165, 1.54) is 0 Å². The molecule has 3 rings (SSSR count). The van der Waals surface area contributed by atoms with Crippen LogP contribution in [0.25, 0.3) is 11.3 Å². The van der Waals surface area contributed by atoms with Crippen molar-refractivity contribution in [2.45, 2.75) is 6.54 Å². The summed E-state index contributed by atoms with van der Waals surface area (Å²) in [6, 6.07) is 18.0. The Morgan fingerprint density at radius 3 is 2.63 bits per heavy atom. The largest absolute Gasteiger partial charge is 0.397 e. The van der Waals surface area contributed by atoms with E-state index < -0.39 is 0 Å². The summed E-state index contributed by atoms with van der Waals surface area (Å²) < 4.78 is 0. The molecular weight excluding hydrogens is 378 g/mol. The van der Waals surface area contributed by atoms with Crippen LogP contribution in [-0.4, -0.2) is 41.1 Å². The maximum atomic E-state index is 12.5. The van der Waals surface area contributed by atoms with Gasteiger partial charge in [-0.3, -0.25) is 14.7 Å². The van der Waals surface area contributed by atoms with Crippen molar-refractivity contribution in [2.75, 3.05) is 31.2 Å². The number of anilines is 2. The molecule has 3 aromatic rings. The monoisotopic (exact) mass is 401 g/mol. The van der Waals surface area contributed by atoms with Crippen LogP contribution in [0.5, 0.6) is 0 Å². The van der Waals surface area contributed by atoms with Gasteiger partial charge in [0.1, 0.15) is 6.07 Å². The number of nitrogens with one attached hydrogen (secondary N) is 1. The lowest BCUT2D eigenvalue weighted by Crippen LogP contribution is -2.21. The van der Waals surface area contributed by atoms with E-state index in [0.29, 0.717) is 41.3 Å². The van der Waals surface area contributed by atoms with E-state index in [1.807, 2.05) is 11.9 Å². The van der Waals surface area contributed by atoms with Gasteiger partial charge < -0.3 is 16.2 Å². The van der Waals surface area contributed by atoms with Crippen LogP contribution in [0.15, 0.2) is 60.8 Å². The number of aromatic nitrogens is 1. The second kappa shape index (κ2) is 9.65. The molecule has 0 aliphatic rings. The van der Waals surface area contributed by atoms with Crippen molar-refractivity contribution in [1.82, 2.24) is 9.88 Å². The molecule has 0 bridgehead atoms. The van der Waals surface area contributed by atoms with Gasteiger partial charge in [-0.1, -0.05) is 24.3 Å². The quantitative estimate of drug-likeness (QED) is 0.524. The number of likely N-dealkylation sites (N-methyl/N-ethyl adjacent to an activating group) is 1. The number of amides is 1. The molecule has 7 nitrogen and oxygen atoms in total. The first-order valence-electron chi connectivity index (χ1n) is 9.46. The zero-order chi connectivity index (χ0) is 21.5. The Bertz CT molecular complexity index is 1070. The fourth-order valence-corrected chi connectivity index (χ4v) is 3.06. The highest BCUT2D eigenvalue weighted by Gasteiger charge is 2.12. The normalized spacial score (nSPS) is 10.6. The molecule has 0 aliphatic heterocycles. The smallest absolute Gasteiger partial charge is 0.255 e. The molecule has 0 saturated heterocycles. The molecule has 1 heterocycles. The average molecular weight is 401 g/mol. The summed E-state index contributed by atoms with van der Waals surface area (Å²) in [6.07, 6.45) is 1.73. The molecule has 4 N–H and O–H groups in total. The second-order valence-electron chi connectivity index (χ2n) is 6.93. The third-order valence-electron chi connectivity index (χ3n) is 4.63. The Morgan fingerprint density at radius 2 is 1.97 bits per heavy atom. The maximum Gasteiger partial charge on any atom is 0.255 e. The van der Waals surface area contributed by atoms with Crippen molar-refractivity contribution in [2.24, 2.45) is 0 Å². The molecule has 1 aromatic heterocycles. The van der Waals surface area contributed by atoms with Crippen molar-refractivity contribution < 1.29 is 9.90 Å². The molecule has 0 radical (unpaired) electrons. The Balaban J connectivity index is 1.78. The van der Waals surface area contributed by atoms with Gasteiger partial charge in [0.15, 0.2) is 0 Å². The molecule has 2 aromatic carbocycles. The van der Waals surface area contributed by atoms with Crippen molar-refractivity contribution in [3.8, 4) is 17.3 Å². The van der Waals surface area contributed by atoms with Gasteiger partial charge in [-0.15, -0.1) is 0 Å². The molecule has 7 heteroatoms. The number of aliphatic hydroxyl groups excluding tert-OH is 1. The van der Waals surface area contributed by atoms with Crippen LogP contribution in [0, 0.1) is 11.3 Å². The van der Waals surface area contributed by atoms with Crippen molar-refractivity contribution in [1.29, 1.82) is 5.26 Å². The number of nitrogens with zero attached hydrogens (tertiary/aromatic N) is 3. The highest BCUT2D eigenvalue weighted by atomic mass is 16.3. The number of hydrogen-bond acceptors (Lipinski definition) is 6. The van der Waals surface area contributed by atoms with E-state index in [1.54, 1.807) is 60.8 Å². The van der Waals surface area contributed by atoms with E-state index in [-0.39, 0.29) is 12.5 Å². The van der Waals surface area contributed by atoms with E-state index in [9.17, 15) is 10.1 Å². The summed E-state index contributed by atoms with van der Waals surface area (Å²) in [5.41, 5.74) is 10.1. The third-order valence-corrected chi connectivity index (χ3v) is 4.63. The van der Waals surface area contributed by atoms with Crippen molar-refractivity contribution in [3.05, 3.63) is 77.5 Å². The van der Waals surface area contributed by atoms with Gasteiger partial charge in [0, 0.05) is 30.4 Å². The van der Waals surface area contributed by atoms with Crippen molar-refractivity contribution in [3.63, 3.8) is 0 Å². The molecule has 1 amide bonds. The lowest BCUT2D eigenvalue weighted by Gasteiger charge is -2.15. The fraction of sp³-hybridized carbons (Fsp3) is 0.174. The van der Waals surface area contributed by atoms with E-state index in [2.05, 4.69) is 16.4 Å². The number of rotatable bonds is 7. The number of carbonyl (C=O) groups excluding carboxylic acids is 1. The first kappa shape index (κ1) is 21.0. The number of hydrogen-bond donors (Lipinski definition) is 3. The lowest BCUT2D eigenvalue weighted by molar-refractivity contribution is 0.102. The highest BCUT2D eigenvalue weighted by Crippen LogP contribution is 2.24. The van der Waals surface area contributed by atoms with Crippen LogP contribution in [0.2, 0.25) is 0 Å². The summed E-state index contributed by atoms with van der Waals surface area (Å²) in [4.78, 5) is 18.9. The second-order valence-corrected chi connectivity index (χ2v) is 6.93. The Hall–Kier alpha value is -3.73. The van der Waals surface area contributed by atoms with Gasteiger partial charge >= 0.3 is 0 Å². The number of benzene rings is 2. The minimum Gasteiger partial charge on any atom is -0.397 e. The topological polar surface area (TPSA) is 115 Å². The summed E-state index contributed by atoms with van der Waals surface area (Å²) in [5.74, 6) is -0.268. The van der Waals surface area contributed by atoms with Gasteiger partial charge in [-0.25, -0.2) is 0 Å². The summed E-state index contributed by atoms with van der Waals surface area (Å²) in [6.45, 7) is 1.20. The standard InChI is InChI=1S/C23H23N5O2/c1-28(10-11-29)15-16-12-19(13-24)22(26-14-16)17-6-8-18(9-7-17)23(30)27-21-5-3-2-4-20(21)25/h2-9,12,14,29H,10-11,15,25H2,1H3,(H,27,30). The van der Waals surface area contributed by atoms with Gasteiger partial charge in [0.2, 0.25) is 0 Å². The van der Waals surface area contributed by atoms with Gasteiger partial charge in [0.25, 0.3) is 5.91 Å². The average Bonchev–Trinajstić information content (AvgIpc) is 2.75. The van der Waals surface area contributed by atoms with E-state index in [0.717, 1.165) is 11.1 Å². The molecule has 0 saturated carbocycles. The maximum absolute atomic E-state index is 12.5. The summed E-state index contributed by atoms with van der Waals surface area (Å²) in [7, 11) is 1.89. The first-order valence-corrected chi connectivity index (χ1v) is 9.46. The van der Waals surface area contributed by atoms with Crippen LogP contribution >= 0.6 is 0 Å². The Kier molecular flexibility index (Phi) is 6.75. The van der Waals surface area contributed by atoms with Crippen LogP contribution in [-0.2, 0) is 6.54 Å².